The molecule has 2 rings (SSSR count). The summed E-state index contributed by atoms with van der Waals surface area (Å²) >= 11 is 0. The van der Waals surface area contributed by atoms with Crippen LogP contribution in [-0.4, -0.2) is 12.1 Å². The van der Waals surface area contributed by atoms with Crippen LogP contribution in [0.1, 0.15) is 45.1 Å². The Bertz CT molecular complexity index is 363. The Kier molecular flexibility index (Phi) is 4.39. The Hall–Kier alpha value is -0.890. The van der Waals surface area contributed by atoms with Crippen LogP contribution >= 0.6 is 0 Å². The molecule has 0 bridgehead atoms. The van der Waals surface area contributed by atoms with Crippen molar-refractivity contribution in [2.45, 2.75) is 51.5 Å². The van der Waals surface area contributed by atoms with Gasteiger partial charge in [0, 0.05) is 5.54 Å². The number of nitrogens with one attached hydrogen (secondary N) is 1. The zero-order valence-corrected chi connectivity index (χ0v) is 11.5. The third kappa shape index (κ3) is 3.55. The summed E-state index contributed by atoms with van der Waals surface area (Å²) in [5, 5.41) is 3.73. The lowest BCUT2D eigenvalue weighted by atomic mass is 9.77. The lowest BCUT2D eigenvalue weighted by Crippen LogP contribution is -2.51. The van der Waals surface area contributed by atoms with Crippen molar-refractivity contribution in [3.8, 4) is 0 Å². The Morgan fingerprint density at radius 1 is 1.22 bits per heavy atom. The number of hydrogen-bond donors (Lipinski definition) is 1. The van der Waals surface area contributed by atoms with E-state index in [-0.39, 0.29) is 11.4 Å². The molecule has 18 heavy (non-hydrogen) atoms. The Morgan fingerprint density at radius 2 is 1.94 bits per heavy atom. The molecule has 0 aromatic heterocycles. The minimum atomic E-state index is -0.145. The summed E-state index contributed by atoms with van der Waals surface area (Å²) in [4.78, 5) is 0. The maximum absolute atomic E-state index is 13.0. The van der Waals surface area contributed by atoms with Crippen LogP contribution in [0.4, 0.5) is 4.39 Å². The van der Waals surface area contributed by atoms with Gasteiger partial charge in [-0.2, -0.15) is 0 Å². The summed E-state index contributed by atoms with van der Waals surface area (Å²) < 4.78 is 13.0. The van der Waals surface area contributed by atoms with Crippen molar-refractivity contribution >= 4 is 0 Å². The minimum absolute atomic E-state index is 0.145. The van der Waals surface area contributed by atoms with E-state index in [1.165, 1.54) is 31.2 Å². The van der Waals surface area contributed by atoms with Crippen LogP contribution in [0.25, 0.3) is 0 Å². The predicted molar refractivity (Wildman–Crippen MR) is 74.1 cm³/mol. The van der Waals surface area contributed by atoms with Crippen molar-refractivity contribution in [2.75, 3.05) is 6.54 Å². The first-order valence-corrected chi connectivity index (χ1v) is 7.09. The fourth-order valence-electron chi connectivity index (χ4n) is 3.20. The van der Waals surface area contributed by atoms with E-state index in [9.17, 15) is 4.39 Å². The molecule has 1 heterocycles. The molecule has 2 heteroatoms. The van der Waals surface area contributed by atoms with E-state index in [4.69, 9.17) is 0 Å². The van der Waals surface area contributed by atoms with Crippen LogP contribution in [0.3, 0.4) is 0 Å². The fourth-order valence-corrected chi connectivity index (χ4v) is 3.20. The van der Waals surface area contributed by atoms with Crippen molar-refractivity contribution in [3.05, 3.63) is 35.6 Å². The average Bonchev–Trinajstić information content (AvgIpc) is 2.32. The van der Waals surface area contributed by atoms with Gasteiger partial charge >= 0.3 is 0 Å². The predicted octanol–water partition coefficient (Wildman–Crippen LogP) is 3.93. The number of rotatable bonds is 4. The molecule has 1 fully saturated rings. The van der Waals surface area contributed by atoms with Gasteiger partial charge in [0.2, 0.25) is 0 Å². The summed E-state index contributed by atoms with van der Waals surface area (Å²) in [7, 11) is 0. The van der Waals surface area contributed by atoms with Crippen LogP contribution in [0.15, 0.2) is 24.3 Å². The summed E-state index contributed by atoms with van der Waals surface area (Å²) in [6.45, 7) is 5.68. The molecule has 100 valence electrons. The highest BCUT2D eigenvalue weighted by atomic mass is 19.1. The SMILES string of the molecule is CC(C)CC1(Cc2ccc(F)cc2)CCCCN1. The van der Waals surface area contributed by atoms with Crippen LogP contribution < -0.4 is 5.32 Å². The van der Waals surface area contributed by atoms with Crippen LogP contribution in [0.5, 0.6) is 0 Å². The normalized spacial score (nSPS) is 24.4. The summed E-state index contributed by atoms with van der Waals surface area (Å²) in [6, 6.07) is 6.99. The van der Waals surface area contributed by atoms with E-state index in [1.54, 1.807) is 12.1 Å². The summed E-state index contributed by atoms with van der Waals surface area (Å²) in [5.41, 5.74) is 1.47. The molecule has 0 aliphatic carbocycles. The Labute approximate surface area is 110 Å². The largest absolute Gasteiger partial charge is 0.311 e. The molecule has 1 atom stereocenters. The zero-order chi connectivity index (χ0) is 13.0. The van der Waals surface area contributed by atoms with Gasteiger partial charge in [0.1, 0.15) is 5.82 Å². The summed E-state index contributed by atoms with van der Waals surface area (Å²) in [5.74, 6) is 0.546. The molecular formula is C16H24FN. The van der Waals surface area contributed by atoms with Gasteiger partial charge in [0.25, 0.3) is 0 Å². The number of hydrogen-bond acceptors (Lipinski definition) is 1. The van der Waals surface area contributed by atoms with Crippen LogP contribution in [0, 0.1) is 11.7 Å². The van der Waals surface area contributed by atoms with E-state index < -0.39 is 0 Å². The van der Waals surface area contributed by atoms with Gasteiger partial charge in [-0.3, -0.25) is 0 Å². The molecule has 1 unspecified atom stereocenters. The molecule has 1 nitrogen and oxygen atoms in total. The van der Waals surface area contributed by atoms with Gasteiger partial charge in [0.15, 0.2) is 0 Å². The highest BCUT2D eigenvalue weighted by Gasteiger charge is 2.32. The topological polar surface area (TPSA) is 12.0 Å². The maximum atomic E-state index is 13.0. The van der Waals surface area contributed by atoms with Gasteiger partial charge in [-0.1, -0.05) is 32.4 Å². The molecule has 1 aliphatic heterocycles. The molecule has 1 aliphatic rings. The molecule has 1 N–H and O–H groups in total. The molecule has 0 amide bonds. The van der Waals surface area contributed by atoms with Crippen LogP contribution in [-0.2, 0) is 6.42 Å². The second-order valence-corrected chi connectivity index (χ2v) is 6.07. The third-order valence-electron chi connectivity index (χ3n) is 3.84. The highest BCUT2D eigenvalue weighted by Crippen LogP contribution is 2.30. The van der Waals surface area contributed by atoms with Gasteiger partial charge in [-0.05, 0) is 55.8 Å². The van der Waals surface area contributed by atoms with Crippen molar-refractivity contribution < 1.29 is 4.39 Å². The zero-order valence-electron chi connectivity index (χ0n) is 11.5. The smallest absolute Gasteiger partial charge is 0.123 e. The minimum Gasteiger partial charge on any atom is -0.311 e. The molecule has 0 radical (unpaired) electrons. The first-order chi connectivity index (χ1) is 8.60. The molecule has 0 saturated carbocycles. The number of piperidine rings is 1. The molecular weight excluding hydrogens is 225 g/mol. The molecule has 1 aromatic rings. The lowest BCUT2D eigenvalue weighted by Gasteiger charge is -2.40. The van der Waals surface area contributed by atoms with E-state index in [2.05, 4.69) is 19.2 Å². The number of halogens is 1. The highest BCUT2D eigenvalue weighted by molar-refractivity contribution is 5.19. The third-order valence-corrected chi connectivity index (χ3v) is 3.84. The van der Waals surface area contributed by atoms with E-state index in [1.807, 2.05) is 12.1 Å². The van der Waals surface area contributed by atoms with Gasteiger partial charge in [0.05, 0.1) is 0 Å². The van der Waals surface area contributed by atoms with Gasteiger partial charge in [-0.25, -0.2) is 4.39 Å². The van der Waals surface area contributed by atoms with E-state index in [0.29, 0.717) is 5.92 Å². The monoisotopic (exact) mass is 249 g/mol. The average molecular weight is 249 g/mol. The maximum Gasteiger partial charge on any atom is 0.123 e. The fraction of sp³-hybridized carbons (Fsp3) is 0.625. The number of benzene rings is 1. The first-order valence-electron chi connectivity index (χ1n) is 7.09. The molecule has 0 spiro atoms. The van der Waals surface area contributed by atoms with Crippen molar-refractivity contribution in [1.29, 1.82) is 0 Å². The Balaban J connectivity index is 2.11. The first kappa shape index (κ1) is 13.5. The molecule has 1 aromatic carbocycles. The quantitative estimate of drug-likeness (QED) is 0.852. The van der Waals surface area contributed by atoms with Crippen LogP contribution in [0.2, 0.25) is 0 Å². The standard InChI is InChI=1S/C16H24FN/c1-13(2)11-16(9-3-4-10-18-16)12-14-5-7-15(17)8-6-14/h5-8,13,18H,3-4,9-12H2,1-2H3. The van der Waals surface area contributed by atoms with Crippen molar-refractivity contribution in [2.24, 2.45) is 5.92 Å². The second kappa shape index (κ2) is 5.83. The van der Waals surface area contributed by atoms with Gasteiger partial charge in [-0.15, -0.1) is 0 Å². The van der Waals surface area contributed by atoms with Gasteiger partial charge < -0.3 is 5.32 Å². The van der Waals surface area contributed by atoms with E-state index in [0.717, 1.165) is 13.0 Å². The van der Waals surface area contributed by atoms with E-state index >= 15 is 0 Å². The van der Waals surface area contributed by atoms with Crippen molar-refractivity contribution in [3.63, 3.8) is 0 Å². The summed E-state index contributed by atoms with van der Waals surface area (Å²) in [6.07, 6.45) is 6.04. The van der Waals surface area contributed by atoms with Crippen molar-refractivity contribution in [1.82, 2.24) is 5.32 Å². The second-order valence-electron chi connectivity index (χ2n) is 6.07. The Morgan fingerprint density at radius 3 is 2.50 bits per heavy atom. The molecule has 1 saturated heterocycles. The lowest BCUT2D eigenvalue weighted by molar-refractivity contribution is 0.210.